The second-order valence-electron chi connectivity index (χ2n) is 7.36. The minimum absolute atomic E-state index is 0.287. The van der Waals surface area contributed by atoms with Gasteiger partial charge in [0.05, 0.1) is 0 Å². The number of carbonyl (C=O) groups excluding carboxylic acids is 1. The molecule has 0 bridgehead atoms. The minimum Gasteiger partial charge on any atom is -0.335 e. The molecule has 2 aromatic rings. The number of rotatable bonds is 4. The van der Waals surface area contributed by atoms with E-state index in [-0.39, 0.29) is 5.91 Å². The second-order valence-corrected chi connectivity index (χ2v) is 7.77. The van der Waals surface area contributed by atoms with Crippen LogP contribution >= 0.6 is 11.6 Å². The summed E-state index contributed by atoms with van der Waals surface area (Å²) in [6, 6.07) is 12.4. The van der Waals surface area contributed by atoms with Crippen LogP contribution in [0.4, 0.5) is 0 Å². The van der Waals surface area contributed by atoms with Crippen LogP contribution in [0.3, 0.4) is 0 Å². The molecule has 1 aromatic carbocycles. The van der Waals surface area contributed by atoms with Crippen LogP contribution in [0, 0.1) is 5.92 Å². The molecule has 0 N–H and O–H groups in total. The number of aromatic nitrogens is 1. The quantitative estimate of drug-likeness (QED) is 0.823. The molecule has 2 atom stereocenters. The third-order valence-corrected chi connectivity index (χ3v) is 6.02. The number of piperidine rings is 2. The molecule has 2 aliphatic heterocycles. The third kappa shape index (κ3) is 3.76. The zero-order chi connectivity index (χ0) is 17.9. The normalized spacial score (nSPS) is 23.7. The zero-order valence-corrected chi connectivity index (χ0v) is 15.6. The highest BCUT2D eigenvalue weighted by molar-refractivity contribution is 6.31. The van der Waals surface area contributed by atoms with Gasteiger partial charge in [-0.05, 0) is 42.0 Å². The zero-order valence-electron chi connectivity index (χ0n) is 14.9. The molecule has 1 aromatic heterocycles. The average Bonchev–Trinajstić information content (AvgIpc) is 2.67. The van der Waals surface area contributed by atoms with E-state index in [1.165, 1.54) is 5.56 Å². The number of fused-ring (bicyclic) bond motifs is 1. The number of halogens is 1. The van der Waals surface area contributed by atoms with Gasteiger partial charge >= 0.3 is 0 Å². The van der Waals surface area contributed by atoms with E-state index in [4.69, 9.17) is 11.6 Å². The molecule has 2 aliphatic rings. The van der Waals surface area contributed by atoms with Crippen molar-refractivity contribution in [3.8, 4) is 0 Å². The lowest BCUT2D eigenvalue weighted by molar-refractivity contribution is -0.142. The molecular weight excluding hydrogens is 346 g/mol. The van der Waals surface area contributed by atoms with Crippen LogP contribution in [-0.2, 0) is 17.9 Å². The van der Waals surface area contributed by atoms with Gasteiger partial charge in [-0.25, -0.2) is 0 Å². The summed E-state index contributed by atoms with van der Waals surface area (Å²) in [7, 11) is 0. The van der Waals surface area contributed by atoms with Gasteiger partial charge in [-0.1, -0.05) is 35.9 Å². The lowest BCUT2D eigenvalue weighted by Gasteiger charge is -2.47. The molecule has 0 radical (unpaired) electrons. The van der Waals surface area contributed by atoms with Gasteiger partial charge in [0.1, 0.15) is 0 Å². The number of benzene rings is 1. The fourth-order valence-corrected chi connectivity index (χ4v) is 4.53. The minimum atomic E-state index is 0.287. The molecule has 4 rings (SSSR count). The first-order chi connectivity index (χ1) is 12.7. The summed E-state index contributed by atoms with van der Waals surface area (Å²) < 4.78 is 0. The molecule has 136 valence electrons. The topological polar surface area (TPSA) is 36.4 Å². The molecule has 4 nitrogen and oxygen atoms in total. The number of likely N-dealkylation sites (tertiary alicyclic amines) is 2. The summed E-state index contributed by atoms with van der Waals surface area (Å²) in [5.74, 6) is 0.829. The Kier molecular flexibility index (Phi) is 5.23. The highest BCUT2D eigenvalue weighted by atomic mass is 35.5. The molecule has 1 amide bonds. The monoisotopic (exact) mass is 369 g/mol. The molecule has 3 heterocycles. The standard InChI is InChI=1S/C21H24ClN3O/c22-19-6-2-1-5-17(19)14-24-11-9-20-18(15-24)7-8-21(26)25(20)13-16-4-3-10-23-12-16/h1-6,10,12,18,20H,7-9,11,13-15H2/t18-,20+/m1/s1. The van der Waals surface area contributed by atoms with Gasteiger partial charge in [0.2, 0.25) is 5.91 Å². The molecule has 0 spiro atoms. The maximum absolute atomic E-state index is 12.5. The number of hydrogen-bond acceptors (Lipinski definition) is 3. The lowest BCUT2D eigenvalue weighted by atomic mass is 9.83. The molecule has 5 heteroatoms. The molecule has 2 saturated heterocycles. The van der Waals surface area contributed by atoms with Gasteiger partial charge in [-0.3, -0.25) is 14.7 Å². The Balaban J connectivity index is 1.43. The first-order valence-corrected chi connectivity index (χ1v) is 9.72. The smallest absolute Gasteiger partial charge is 0.223 e. The molecular formula is C21H24ClN3O. The SMILES string of the molecule is O=C1CC[C@@H]2CN(Cc3ccccc3Cl)CC[C@@H]2N1Cc1cccnc1. The van der Waals surface area contributed by atoms with Crippen LogP contribution in [0.2, 0.25) is 5.02 Å². The fourth-order valence-electron chi connectivity index (χ4n) is 4.33. The number of hydrogen-bond donors (Lipinski definition) is 0. The molecule has 0 unspecified atom stereocenters. The van der Waals surface area contributed by atoms with Crippen LogP contribution in [0.25, 0.3) is 0 Å². The third-order valence-electron chi connectivity index (χ3n) is 5.66. The largest absolute Gasteiger partial charge is 0.335 e. The van der Waals surface area contributed by atoms with Crippen molar-refractivity contribution in [2.24, 2.45) is 5.92 Å². The van der Waals surface area contributed by atoms with Gasteiger partial charge in [0.15, 0.2) is 0 Å². The van der Waals surface area contributed by atoms with Crippen LogP contribution in [0.1, 0.15) is 30.4 Å². The molecule has 26 heavy (non-hydrogen) atoms. The Hall–Kier alpha value is -1.91. The van der Waals surface area contributed by atoms with Crippen LogP contribution in [0.5, 0.6) is 0 Å². The van der Waals surface area contributed by atoms with Crippen LogP contribution < -0.4 is 0 Å². The molecule has 2 fully saturated rings. The van der Waals surface area contributed by atoms with E-state index in [2.05, 4.69) is 26.9 Å². The first kappa shape index (κ1) is 17.5. The van der Waals surface area contributed by atoms with Gasteiger partial charge in [-0.2, -0.15) is 0 Å². The van der Waals surface area contributed by atoms with E-state index in [1.54, 1.807) is 6.20 Å². The van der Waals surface area contributed by atoms with Crippen molar-refractivity contribution in [3.05, 3.63) is 64.9 Å². The fraction of sp³-hybridized carbons (Fsp3) is 0.429. The Morgan fingerprint density at radius 3 is 2.81 bits per heavy atom. The number of amides is 1. The summed E-state index contributed by atoms with van der Waals surface area (Å²) >= 11 is 6.33. The predicted octanol–water partition coefficient (Wildman–Crippen LogP) is 3.75. The van der Waals surface area contributed by atoms with Crippen LogP contribution in [-0.4, -0.2) is 39.8 Å². The van der Waals surface area contributed by atoms with Crippen molar-refractivity contribution in [3.63, 3.8) is 0 Å². The van der Waals surface area contributed by atoms with Gasteiger partial charge in [0, 0.05) is 56.1 Å². The first-order valence-electron chi connectivity index (χ1n) is 9.35. The highest BCUT2D eigenvalue weighted by Crippen LogP contribution is 2.33. The van der Waals surface area contributed by atoms with Crippen molar-refractivity contribution in [1.29, 1.82) is 0 Å². The maximum atomic E-state index is 12.5. The summed E-state index contributed by atoms with van der Waals surface area (Å²) in [6.07, 6.45) is 6.31. The predicted molar refractivity (Wildman–Crippen MR) is 103 cm³/mol. The van der Waals surface area contributed by atoms with E-state index in [1.807, 2.05) is 30.5 Å². The number of pyridine rings is 1. The van der Waals surface area contributed by atoms with Crippen molar-refractivity contribution in [2.75, 3.05) is 13.1 Å². The summed E-state index contributed by atoms with van der Waals surface area (Å²) in [5.41, 5.74) is 2.30. The van der Waals surface area contributed by atoms with Crippen molar-refractivity contribution in [1.82, 2.24) is 14.8 Å². The summed E-state index contributed by atoms with van der Waals surface area (Å²) in [4.78, 5) is 21.3. The van der Waals surface area contributed by atoms with E-state index < -0.39 is 0 Å². The van der Waals surface area contributed by atoms with E-state index in [0.717, 1.165) is 43.1 Å². The van der Waals surface area contributed by atoms with Crippen molar-refractivity contribution in [2.45, 2.75) is 38.4 Å². The summed E-state index contributed by atoms with van der Waals surface area (Å²) in [6.45, 7) is 3.60. The number of carbonyl (C=O) groups is 1. The molecule has 0 saturated carbocycles. The highest BCUT2D eigenvalue weighted by Gasteiger charge is 2.39. The van der Waals surface area contributed by atoms with Crippen LogP contribution in [0.15, 0.2) is 48.8 Å². The summed E-state index contributed by atoms with van der Waals surface area (Å²) in [5, 5.41) is 0.839. The molecule has 0 aliphatic carbocycles. The van der Waals surface area contributed by atoms with E-state index >= 15 is 0 Å². The Morgan fingerprint density at radius 2 is 2.00 bits per heavy atom. The number of nitrogens with zero attached hydrogens (tertiary/aromatic N) is 3. The Labute approximate surface area is 159 Å². The lowest BCUT2D eigenvalue weighted by Crippen LogP contribution is -2.55. The van der Waals surface area contributed by atoms with E-state index in [0.29, 0.717) is 24.9 Å². The van der Waals surface area contributed by atoms with Gasteiger partial charge in [0.25, 0.3) is 0 Å². The van der Waals surface area contributed by atoms with Crippen molar-refractivity contribution >= 4 is 17.5 Å². The second kappa shape index (κ2) is 7.77. The van der Waals surface area contributed by atoms with Crippen molar-refractivity contribution < 1.29 is 4.79 Å². The maximum Gasteiger partial charge on any atom is 0.223 e. The Morgan fingerprint density at radius 1 is 1.12 bits per heavy atom. The van der Waals surface area contributed by atoms with E-state index in [9.17, 15) is 4.79 Å². The average molecular weight is 370 g/mol. The van der Waals surface area contributed by atoms with Gasteiger partial charge < -0.3 is 4.90 Å². The Bertz CT molecular complexity index is 767. The van der Waals surface area contributed by atoms with Gasteiger partial charge in [-0.15, -0.1) is 0 Å².